The Hall–Kier alpha value is -1.14. The van der Waals surface area contributed by atoms with Crippen molar-refractivity contribution < 1.29 is 9.53 Å². The summed E-state index contributed by atoms with van der Waals surface area (Å²) >= 11 is 1.71. The number of nitrogens with zero attached hydrogens (tertiary/aromatic N) is 2. The smallest absolute Gasteiger partial charge is 0.225 e. The second kappa shape index (κ2) is 5.68. The summed E-state index contributed by atoms with van der Waals surface area (Å²) in [5.74, 6) is 1.23. The highest BCUT2D eigenvalue weighted by Crippen LogP contribution is 2.55. The Morgan fingerprint density at radius 1 is 1.44 bits per heavy atom. The molecule has 1 amide bonds. The van der Waals surface area contributed by atoms with E-state index in [-0.39, 0.29) is 16.9 Å². The number of carbonyl (C=O) groups excluding carboxylic acids is 1. The van der Waals surface area contributed by atoms with Gasteiger partial charge < -0.3 is 15.0 Å². The molecule has 1 spiro atoms. The maximum Gasteiger partial charge on any atom is 0.225 e. The lowest BCUT2D eigenvalue weighted by Crippen LogP contribution is -2.45. The van der Waals surface area contributed by atoms with Crippen LogP contribution < -0.4 is 10.2 Å². The normalized spacial score (nSPS) is 38.3. The molecule has 3 saturated heterocycles. The standard InChI is InChI=1S/C19H27N3O2S/c1-18(5-2-3-6-18)16(23)21-10-13-14-11-22(17-20-8-9-25-17)12-19(14)7-4-15(13)24-19/h8-9,13-15H,2-7,10-12H2,1H3,(H,21,23)/t13-,14+,15+,19+/m0/s1. The van der Waals surface area contributed by atoms with E-state index >= 15 is 0 Å². The third kappa shape index (κ3) is 2.44. The van der Waals surface area contributed by atoms with Crippen LogP contribution in [0.25, 0.3) is 0 Å². The van der Waals surface area contributed by atoms with Crippen LogP contribution in [0, 0.1) is 17.3 Å². The lowest BCUT2D eigenvalue weighted by atomic mass is 9.73. The van der Waals surface area contributed by atoms with Crippen LogP contribution in [0.5, 0.6) is 0 Å². The second-order valence-electron chi connectivity index (χ2n) is 8.70. The summed E-state index contributed by atoms with van der Waals surface area (Å²) in [5.41, 5.74) is -0.137. The fraction of sp³-hybridized carbons (Fsp3) is 0.789. The van der Waals surface area contributed by atoms with Gasteiger partial charge in [-0.05, 0) is 25.7 Å². The van der Waals surface area contributed by atoms with Crippen LogP contribution in [-0.4, -0.2) is 42.2 Å². The molecule has 4 aliphatic rings. The number of hydrogen-bond donors (Lipinski definition) is 1. The van der Waals surface area contributed by atoms with Crippen molar-refractivity contribution in [1.29, 1.82) is 0 Å². The van der Waals surface area contributed by atoms with E-state index in [0.717, 1.165) is 50.4 Å². The van der Waals surface area contributed by atoms with Crippen molar-refractivity contribution in [3.8, 4) is 0 Å². The number of ether oxygens (including phenoxy) is 1. The first-order valence-electron chi connectivity index (χ1n) is 9.70. The quantitative estimate of drug-likeness (QED) is 0.896. The van der Waals surface area contributed by atoms with Crippen LogP contribution in [0.4, 0.5) is 5.13 Å². The molecule has 4 atom stereocenters. The highest BCUT2D eigenvalue weighted by molar-refractivity contribution is 7.13. The molecular formula is C19H27N3O2S. The average molecular weight is 362 g/mol. The maximum absolute atomic E-state index is 12.7. The van der Waals surface area contributed by atoms with E-state index in [0.29, 0.717) is 17.9 Å². The van der Waals surface area contributed by atoms with Crippen molar-refractivity contribution in [1.82, 2.24) is 10.3 Å². The van der Waals surface area contributed by atoms with E-state index < -0.39 is 0 Å². The Bertz CT molecular complexity index is 658. The summed E-state index contributed by atoms with van der Waals surface area (Å²) in [6.45, 7) is 4.89. The van der Waals surface area contributed by atoms with E-state index in [2.05, 4.69) is 22.1 Å². The van der Waals surface area contributed by atoms with Gasteiger partial charge in [-0.1, -0.05) is 19.8 Å². The van der Waals surface area contributed by atoms with Crippen molar-refractivity contribution in [2.45, 2.75) is 57.2 Å². The number of anilines is 1. The number of hydrogen-bond acceptors (Lipinski definition) is 5. The molecular weight excluding hydrogens is 334 g/mol. The van der Waals surface area contributed by atoms with Crippen LogP contribution in [0.15, 0.2) is 11.6 Å². The molecule has 25 heavy (non-hydrogen) atoms. The molecule has 4 heterocycles. The van der Waals surface area contributed by atoms with E-state index in [1.165, 1.54) is 12.8 Å². The van der Waals surface area contributed by atoms with Crippen molar-refractivity contribution in [2.75, 3.05) is 24.5 Å². The molecule has 1 aliphatic carbocycles. The first-order valence-corrected chi connectivity index (χ1v) is 10.6. The summed E-state index contributed by atoms with van der Waals surface area (Å²) in [6.07, 6.45) is 8.96. The molecule has 3 aliphatic heterocycles. The monoisotopic (exact) mass is 361 g/mol. The minimum absolute atomic E-state index is 0.00297. The van der Waals surface area contributed by atoms with Crippen molar-refractivity contribution >= 4 is 22.4 Å². The van der Waals surface area contributed by atoms with Gasteiger partial charge in [0.15, 0.2) is 5.13 Å². The van der Waals surface area contributed by atoms with E-state index in [1.54, 1.807) is 11.3 Å². The van der Waals surface area contributed by atoms with Gasteiger partial charge in [-0.15, -0.1) is 11.3 Å². The second-order valence-corrected chi connectivity index (χ2v) is 9.58. The number of fused-ring (bicyclic) bond motifs is 1. The molecule has 0 aromatic carbocycles. The van der Waals surface area contributed by atoms with Crippen LogP contribution in [0.2, 0.25) is 0 Å². The van der Waals surface area contributed by atoms with Gasteiger partial charge in [0.1, 0.15) is 0 Å². The zero-order valence-corrected chi connectivity index (χ0v) is 15.7. The molecule has 2 bridgehead atoms. The molecule has 0 unspecified atom stereocenters. The molecule has 5 nitrogen and oxygen atoms in total. The molecule has 1 aromatic heterocycles. The van der Waals surface area contributed by atoms with E-state index in [4.69, 9.17) is 4.74 Å². The van der Waals surface area contributed by atoms with E-state index in [9.17, 15) is 4.79 Å². The number of thiazole rings is 1. The van der Waals surface area contributed by atoms with Crippen LogP contribution in [0.1, 0.15) is 45.4 Å². The third-order valence-electron chi connectivity index (χ3n) is 7.23. The number of amides is 1. The zero-order valence-electron chi connectivity index (χ0n) is 14.9. The summed E-state index contributed by atoms with van der Waals surface area (Å²) in [5, 5.41) is 6.45. The first-order chi connectivity index (χ1) is 12.1. The molecule has 4 fully saturated rings. The average Bonchev–Trinajstić information content (AvgIpc) is 3.37. The first kappa shape index (κ1) is 16.1. The molecule has 136 valence electrons. The van der Waals surface area contributed by atoms with Crippen molar-refractivity contribution in [2.24, 2.45) is 17.3 Å². The molecule has 1 N–H and O–H groups in total. The van der Waals surface area contributed by atoms with Gasteiger partial charge in [0.2, 0.25) is 5.91 Å². The Labute approximate surface area is 153 Å². The van der Waals surface area contributed by atoms with Crippen molar-refractivity contribution in [3.05, 3.63) is 11.6 Å². The summed E-state index contributed by atoms with van der Waals surface area (Å²) in [7, 11) is 0. The highest BCUT2D eigenvalue weighted by atomic mass is 32.1. The fourth-order valence-electron chi connectivity index (χ4n) is 5.79. The van der Waals surface area contributed by atoms with Crippen molar-refractivity contribution in [3.63, 3.8) is 0 Å². The Morgan fingerprint density at radius 3 is 3.04 bits per heavy atom. The number of aromatic nitrogens is 1. The lowest BCUT2D eigenvalue weighted by Gasteiger charge is -2.30. The van der Waals surface area contributed by atoms with Gasteiger partial charge in [-0.25, -0.2) is 4.98 Å². The number of nitrogens with one attached hydrogen (secondary N) is 1. The molecule has 0 radical (unpaired) electrons. The third-order valence-corrected chi connectivity index (χ3v) is 8.06. The largest absolute Gasteiger partial charge is 0.369 e. The molecule has 1 aromatic rings. The van der Waals surface area contributed by atoms with Gasteiger partial charge in [-0.2, -0.15) is 0 Å². The molecule has 5 rings (SSSR count). The number of rotatable bonds is 4. The highest BCUT2D eigenvalue weighted by Gasteiger charge is 2.63. The maximum atomic E-state index is 12.7. The van der Waals surface area contributed by atoms with Gasteiger partial charge >= 0.3 is 0 Å². The van der Waals surface area contributed by atoms with Gasteiger partial charge in [0, 0.05) is 48.5 Å². The van der Waals surface area contributed by atoms with Crippen LogP contribution >= 0.6 is 11.3 Å². The molecule has 6 heteroatoms. The van der Waals surface area contributed by atoms with Gasteiger partial charge in [0.25, 0.3) is 0 Å². The predicted octanol–water partition coefficient (Wildman–Crippen LogP) is 2.82. The fourth-order valence-corrected chi connectivity index (χ4v) is 6.44. The summed E-state index contributed by atoms with van der Waals surface area (Å²) in [6, 6.07) is 0. The topological polar surface area (TPSA) is 54.5 Å². The Balaban J connectivity index is 1.28. The van der Waals surface area contributed by atoms with Gasteiger partial charge in [0.05, 0.1) is 11.7 Å². The SMILES string of the molecule is CC1(C(=O)NC[C@H]2[C@H]3CN(c4nccs4)C[C@]34CC[C@H]2O4)CCCC1. The Morgan fingerprint density at radius 2 is 2.28 bits per heavy atom. The molecule has 1 saturated carbocycles. The lowest BCUT2D eigenvalue weighted by molar-refractivity contribution is -0.130. The van der Waals surface area contributed by atoms with Crippen LogP contribution in [-0.2, 0) is 9.53 Å². The predicted molar refractivity (Wildman–Crippen MR) is 97.7 cm³/mol. The summed E-state index contributed by atoms with van der Waals surface area (Å²) < 4.78 is 6.49. The minimum Gasteiger partial charge on any atom is -0.369 e. The summed E-state index contributed by atoms with van der Waals surface area (Å²) in [4.78, 5) is 19.6. The minimum atomic E-state index is -0.140. The van der Waals surface area contributed by atoms with Gasteiger partial charge in [-0.3, -0.25) is 4.79 Å². The van der Waals surface area contributed by atoms with E-state index in [1.807, 2.05) is 11.6 Å². The Kier molecular flexibility index (Phi) is 3.65. The number of carbonyl (C=O) groups is 1. The zero-order chi connectivity index (χ0) is 17.1. The van der Waals surface area contributed by atoms with Crippen LogP contribution in [0.3, 0.4) is 0 Å².